The number of hydrogen-bond donors (Lipinski definition) is 0. The van der Waals surface area contributed by atoms with E-state index in [0.29, 0.717) is 0 Å². The van der Waals surface area contributed by atoms with Crippen LogP contribution in [0.25, 0.3) is 0 Å². The van der Waals surface area contributed by atoms with Gasteiger partial charge in [-0.05, 0) is 12.1 Å². The molecule has 0 saturated heterocycles. The molecule has 2 nitrogen and oxygen atoms in total. The molecule has 12 heavy (non-hydrogen) atoms. The first kappa shape index (κ1) is 14.6. The van der Waals surface area contributed by atoms with E-state index < -0.39 is 0 Å². The first-order chi connectivity index (χ1) is 4.70. The first-order valence-corrected chi connectivity index (χ1v) is 3.14. The third-order valence-corrected chi connectivity index (χ3v) is 1.33. The van der Waals surface area contributed by atoms with Gasteiger partial charge in [-0.25, -0.2) is 0 Å². The fourth-order valence-corrected chi connectivity index (χ4v) is 0.762. The Morgan fingerprint density at radius 1 is 1.25 bits per heavy atom. The summed E-state index contributed by atoms with van der Waals surface area (Å²) in [4.78, 5) is 1.90. The molecule has 0 unspecified atom stereocenters. The van der Waals surface area contributed by atoms with Crippen molar-refractivity contribution in [2.45, 2.75) is 0 Å². The van der Waals surface area contributed by atoms with Gasteiger partial charge in [0, 0.05) is 19.8 Å². The van der Waals surface area contributed by atoms with E-state index in [0.717, 1.165) is 5.69 Å². The van der Waals surface area contributed by atoms with Gasteiger partial charge in [-0.3, -0.25) is 0 Å². The third kappa shape index (κ3) is 4.18. The summed E-state index contributed by atoms with van der Waals surface area (Å²) in [7, 11) is 3.82. The van der Waals surface area contributed by atoms with Crippen LogP contribution in [0.5, 0.6) is 5.75 Å². The largest absolute Gasteiger partial charge is 2.00 e. The van der Waals surface area contributed by atoms with E-state index in [1.807, 2.05) is 25.1 Å². The first-order valence-electron chi connectivity index (χ1n) is 3.14. The summed E-state index contributed by atoms with van der Waals surface area (Å²) >= 11 is 0. The summed E-state index contributed by atoms with van der Waals surface area (Å²) in [5.41, 5.74) is 0.951. The molecule has 1 rings (SSSR count). The zero-order valence-electron chi connectivity index (χ0n) is 7.25. The smallest absolute Gasteiger partial charge is 1.00 e. The van der Waals surface area contributed by atoms with Gasteiger partial charge in [0.2, 0.25) is 0 Å². The maximum absolute atomic E-state index is 10.8. The van der Waals surface area contributed by atoms with Crippen LogP contribution in [0, 0.1) is 0 Å². The Kier molecular flexibility index (Phi) is 7.98. The van der Waals surface area contributed by atoms with Crippen LogP contribution in [0.3, 0.4) is 0 Å². The normalized spacial score (nSPS) is 7.83. The van der Waals surface area contributed by atoms with Crippen molar-refractivity contribution in [3.8, 4) is 5.75 Å². The Hall–Kier alpha value is 0.0662. The second-order valence-electron chi connectivity index (χ2n) is 2.39. The Labute approximate surface area is 99.5 Å². The van der Waals surface area contributed by atoms with Gasteiger partial charge in [-0.15, -0.1) is 5.75 Å². The topological polar surface area (TPSA) is 26.3 Å². The summed E-state index contributed by atoms with van der Waals surface area (Å²) in [5.74, 6) is 0.0613. The summed E-state index contributed by atoms with van der Waals surface area (Å²) in [6.45, 7) is 0. The van der Waals surface area contributed by atoms with Crippen molar-refractivity contribution in [1.29, 1.82) is 0 Å². The summed E-state index contributed by atoms with van der Waals surface area (Å²) in [6, 6.07) is 6.83. The van der Waals surface area contributed by atoms with Crippen LogP contribution in [-0.4, -0.2) is 37.1 Å². The number of anilines is 1. The molecule has 62 valence electrons. The van der Waals surface area contributed by atoms with E-state index in [9.17, 15) is 5.11 Å². The van der Waals surface area contributed by atoms with Crippen LogP contribution in [0.1, 0.15) is 0 Å². The van der Waals surface area contributed by atoms with Crippen LogP contribution >= 0.6 is 0 Å². The predicted molar refractivity (Wildman–Crippen MR) is 46.0 cm³/mol. The molecule has 4 heteroatoms. The Bertz CT molecular complexity index is 230. The average molecular weight is 240 g/mol. The molecule has 0 saturated carbocycles. The number of rotatable bonds is 1. The van der Waals surface area contributed by atoms with Gasteiger partial charge in [0.05, 0.1) is 0 Å². The van der Waals surface area contributed by atoms with Gasteiger partial charge in [0.1, 0.15) is 0 Å². The summed E-state index contributed by atoms with van der Waals surface area (Å²) in [6.07, 6.45) is 0. The van der Waals surface area contributed by atoms with Crippen molar-refractivity contribution in [2.24, 2.45) is 0 Å². The molecule has 0 bridgehead atoms. The van der Waals surface area contributed by atoms with Crippen molar-refractivity contribution in [3.63, 3.8) is 0 Å². The number of hydrogen-bond acceptors (Lipinski definition) is 2. The Morgan fingerprint density at radius 2 is 1.83 bits per heavy atom. The van der Waals surface area contributed by atoms with E-state index in [2.05, 4.69) is 0 Å². The number of nitrogens with zero attached hydrogens (tertiary/aromatic N) is 1. The molecular formula is C8H10BrMgNO. The number of halogens is 1. The molecular weight excluding hydrogens is 230 g/mol. The van der Waals surface area contributed by atoms with E-state index >= 15 is 0 Å². The van der Waals surface area contributed by atoms with E-state index in [1.54, 1.807) is 18.2 Å². The van der Waals surface area contributed by atoms with Gasteiger partial charge >= 0.3 is 23.1 Å². The average Bonchev–Trinajstić information content (AvgIpc) is 1.88. The molecule has 1 aromatic rings. The molecule has 0 amide bonds. The molecule has 0 N–H and O–H groups in total. The molecule has 0 spiro atoms. The summed E-state index contributed by atoms with van der Waals surface area (Å²) < 4.78 is 0. The van der Waals surface area contributed by atoms with Crippen molar-refractivity contribution in [2.75, 3.05) is 19.0 Å². The van der Waals surface area contributed by atoms with Gasteiger partial charge in [-0.1, -0.05) is 12.1 Å². The third-order valence-electron chi connectivity index (χ3n) is 1.33. The Balaban J connectivity index is 0. The molecule has 0 radical (unpaired) electrons. The zero-order chi connectivity index (χ0) is 7.56. The maximum Gasteiger partial charge on any atom is 2.00 e. The predicted octanol–water partition coefficient (Wildman–Crippen LogP) is -2.55. The van der Waals surface area contributed by atoms with Crippen LogP contribution < -0.4 is 27.0 Å². The van der Waals surface area contributed by atoms with E-state index in [-0.39, 0.29) is 45.8 Å². The maximum atomic E-state index is 10.8. The number of benzene rings is 1. The summed E-state index contributed by atoms with van der Waals surface area (Å²) in [5, 5.41) is 10.8. The second kappa shape index (κ2) is 6.57. The van der Waals surface area contributed by atoms with Crippen molar-refractivity contribution in [1.82, 2.24) is 0 Å². The fourth-order valence-electron chi connectivity index (χ4n) is 0.762. The van der Waals surface area contributed by atoms with Crippen LogP contribution in [0.15, 0.2) is 24.3 Å². The van der Waals surface area contributed by atoms with Gasteiger partial charge < -0.3 is 27.0 Å². The molecule has 0 atom stereocenters. The van der Waals surface area contributed by atoms with Crippen molar-refractivity contribution in [3.05, 3.63) is 24.3 Å². The molecule has 0 aliphatic rings. The van der Waals surface area contributed by atoms with E-state index in [1.165, 1.54) is 0 Å². The molecule has 0 heterocycles. The van der Waals surface area contributed by atoms with Gasteiger partial charge in [0.25, 0.3) is 0 Å². The van der Waals surface area contributed by atoms with Gasteiger partial charge in [-0.2, -0.15) is 0 Å². The van der Waals surface area contributed by atoms with Crippen molar-refractivity contribution >= 4 is 28.7 Å². The molecule has 0 aliphatic carbocycles. The van der Waals surface area contributed by atoms with Gasteiger partial charge in [0.15, 0.2) is 0 Å². The molecule has 0 aliphatic heterocycles. The zero-order valence-corrected chi connectivity index (χ0v) is 10.3. The minimum absolute atomic E-state index is 0. The van der Waals surface area contributed by atoms with Crippen LogP contribution in [0.2, 0.25) is 0 Å². The molecule has 1 aromatic carbocycles. The van der Waals surface area contributed by atoms with E-state index in [4.69, 9.17) is 0 Å². The monoisotopic (exact) mass is 239 g/mol. The van der Waals surface area contributed by atoms with Crippen LogP contribution in [0.4, 0.5) is 5.69 Å². The van der Waals surface area contributed by atoms with Crippen LogP contribution in [-0.2, 0) is 0 Å². The molecule has 0 fully saturated rings. The Morgan fingerprint density at radius 3 is 2.17 bits per heavy atom. The fraction of sp³-hybridized carbons (Fsp3) is 0.250. The second-order valence-corrected chi connectivity index (χ2v) is 2.39. The standard InChI is InChI=1S/C8H11NO.BrH.Mg/c1-9(2)7-4-3-5-8(10)6-7;;/h3-6,10H,1-2H3;1H;/q;;+2/p-2. The minimum Gasteiger partial charge on any atom is -1.00 e. The minimum atomic E-state index is 0. The van der Waals surface area contributed by atoms with Crippen molar-refractivity contribution < 1.29 is 22.1 Å². The quantitative estimate of drug-likeness (QED) is 0.505. The SMILES string of the molecule is CN(C)c1cccc([O-])c1.[Br-].[Mg+2]. The molecule has 0 aromatic heterocycles.